The molecule has 0 saturated heterocycles. The molecule has 0 amide bonds. The first-order chi connectivity index (χ1) is 9.61. The van der Waals surface area contributed by atoms with Crippen molar-refractivity contribution in [3.63, 3.8) is 0 Å². The Hall–Kier alpha value is -1.71. The summed E-state index contributed by atoms with van der Waals surface area (Å²) in [6.45, 7) is 5.74. The van der Waals surface area contributed by atoms with Gasteiger partial charge in [0.25, 0.3) is 0 Å². The number of rotatable bonds is 5. The number of nitrogens with two attached hydrogens (primary N) is 1. The Morgan fingerprint density at radius 2 is 2.05 bits per heavy atom. The number of aryl methyl sites for hydroxylation is 2. The third-order valence-electron chi connectivity index (χ3n) is 3.69. The van der Waals surface area contributed by atoms with Gasteiger partial charge in [0.2, 0.25) is 0 Å². The summed E-state index contributed by atoms with van der Waals surface area (Å²) in [5.74, 6) is 0. The zero-order valence-electron chi connectivity index (χ0n) is 12.5. The van der Waals surface area contributed by atoms with E-state index in [9.17, 15) is 0 Å². The summed E-state index contributed by atoms with van der Waals surface area (Å²) in [5.41, 5.74) is 11.1. The van der Waals surface area contributed by atoms with Gasteiger partial charge in [-0.1, -0.05) is 29.8 Å². The standard InChI is InChI=1S/C17H23N3/c1-13-6-7-16(14(2)9-13)17(10-18)20(3)12-15-5-4-8-19-11-15/h4-9,11,17H,10,12,18H2,1-3H3. The van der Waals surface area contributed by atoms with Crippen LogP contribution < -0.4 is 5.73 Å². The van der Waals surface area contributed by atoms with E-state index in [-0.39, 0.29) is 6.04 Å². The van der Waals surface area contributed by atoms with Gasteiger partial charge in [-0.25, -0.2) is 0 Å². The summed E-state index contributed by atoms with van der Waals surface area (Å²) in [6, 6.07) is 10.9. The van der Waals surface area contributed by atoms with E-state index in [0.29, 0.717) is 6.54 Å². The van der Waals surface area contributed by atoms with Gasteiger partial charge in [-0.3, -0.25) is 9.88 Å². The average molecular weight is 269 g/mol. The Labute approximate surface area is 121 Å². The molecule has 2 rings (SSSR count). The maximum Gasteiger partial charge on any atom is 0.0473 e. The SMILES string of the molecule is Cc1ccc(C(CN)N(C)Cc2cccnc2)c(C)c1. The van der Waals surface area contributed by atoms with Crippen molar-refractivity contribution in [1.29, 1.82) is 0 Å². The van der Waals surface area contributed by atoms with E-state index in [1.165, 1.54) is 22.3 Å². The van der Waals surface area contributed by atoms with Crippen molar-refractivity contribution >= 4 is 0 Å². The third kappa shape index (κ3) is 3.44. The van der Waals surface area contributed by atoms with Crippen LogP contribution in [0.5, 0.6) is 0 Å². The highest BCUT2D eigenvalue weighted by Gasteiger charge is 2.17. The van der Waals surface area contributed by atoms with Gasteiger partial charge in [-0.05, 0) is 43.7 Å². The van der Waals surface area contributed by atoms with Crippen LogP contribution in [0.25, 0.3) is 0 Å². The predicted molar refractivity (Wildman–Crippen MR) is 83.4 cm³/mol. The molecule has 0 aliphatic carbocycles. The van der Waals surface area contributed by atoms with E-state index in [1.54, 1.807) is 6.20 Å². The van der Waals surface area contributed by atoms with Crippen molar-refractivity contribution in [3.05, 3.63) is 65.0 Å². The molecule has 0 saturated carbocycles. The number of pyridine rings is 1. The van der Waals surface area contributed by atoms with Crippen molar-refractivity contribution < 1.29 is 0 Å². The van der Waals surface area contributed by atoms with Crippen LogP contribution in [0, 0.1) is 13.8 Å². The lowest BCUT2D eigenvalue weighted by Gasteiger charge is -2.28. The van der Waals surface area contributed by atoms with Gasteiger partial charge in [0, 0.05) is 31.5 Å². The molecule has 3 heteroatoms. The van der Waals surface area contributed by atoms with E-state index in [0.717, 1.165) is 6.54 Å². The van der Waals surface area contributed by atoms with E-state index >= 15 is 0 Å². The molecule has 2 aromatic rings. The van der Waals surface area contributed by atoms with Crippen molar-refractivity contribution in [3.8, 4) is 0 Å². The molecule has 1 aromatic heterocycles. The molecule has 1 atom stereocenters. The molecular formula is C17H23N3. The number of benzene rings is 1. The minimum Gasteiger partial charge on any atom is -0.329 e. The summed E-state index contributed by atoms with van der Waals surface area (Å²) in [7, 11) is 2.11. The molecule has 0 spiro atoms. The first kappa shape index (κ1) is 14.7. The Bertz CT molecular complexity index is 551. The van der Waals surface area contributed by atoms with Crippen LogP contribution in [0.1, 0.15) is 28.3 Å². The van der Waals surface area contributed by atoms with Crippen molar-refractivity contribution in [1.82, 2.24) is 9.88 Å². The molecule has 0 aliphatic rings. The van der Waals surface area contributed by atoms with Crippen LogP contribution in [0.4, 0.5) is 0 Å². The molecule has 1 heterocycles. The summed E-state index contributed by atoms with van der Waals surface area (Å²) in [4.78, 5) is 6.45. The lowest BCUT2D eigenvalue weighted by atomic mass is 9.98. The highest BCUT2D eigenvalue weighted by Crippen LogP contribution is 2.24. The maximum absolute atomic E-state index is 6.01. The second kappa shape index (κ2) is 6.64. The Morgan fingerprint density at radius 3 is 2.65 bits per heavy atom. The fraction of sp³-hybridized carbons (Fsp3) is 0.353. The van der Waals surface area contributed by atoms with Gasteiger partial charge in [0.1, 0.15) is 0 Å². The van der Waals surface area contributed by atoms with Gasteiger partial charge < -0.3 is 5.73 Å². The van der Waals surface area contributed by atoms with Crippen molar-refractivity contribution in [2.75, 3.05) is 13.6 Å². The second-order valence-corrected chi connectivity index (χ2v) is 5.39. The number of likely N-dealkylation sites (N-methyl/N-ethyl adjacent to an activating group) is 1. The molecular weight excluding hydrogens is 246 g/mol. The summed E-state index contributed by atoms with van der Waals surface area (Å²) in [6.07, 6.45) is 3.71. The Morgan fingerprint density at radius 1 is 1.25 bits per heavy atom. The minimum atomic E-state index is 0.232. The van der Waals surface area contributed by atoms with Crippen LogP contribution >= 0.6 is 0 Å². The summed E-state index contributed by atoms with van der Waals surface area (Å²) >= 11 is 0. The fourth-order valence-electron chi connectivity index (χ4n) is 2.63. The first-order valence-electron chi connectivity index (χ1n) is 6.98. The molecule has 1 aromatic carbocycles. The lowest BCUT2D eigenvalue weighted by molar-refractivity contribution is 0.241. The molecule has 3 nitrogen and oxygen atoms in total. The van der Waals surface area contributed by atoms with E-state index in [4.69, 9.17) is 5.73 Å². The average Bonchev–Trinajstić information content (AvgIpc) is 2.43. The number of nitrogens with zero attached hydrogens (tertiary/aromatic N) is 2. The zero-order valence-corrected chi connectivity index (χ0v) is 12.5. The normalized spacial score (nSPS) is 12.7. The number of hydrogen-bond donors (Lipinski definition) is 1. The predicted octanol–water partition coefficient (Wildman–Crippen LogP) is 2.83. The van der Waals surface area contributed by atoms with Crippen LogP contribution in [-0.2, 0) is 6.54 Å². The third-order valence-corrected chi connectivity index (χ3v) is 3.69. The van der Waals surface area contributed by atoms with Crippen LogP contribution in [-0.4, -0.2) is 23.5 Å². The van der Waals surface area contributed by atoms with Gasteiger partial charge >= 0.3 is 0 Å². The first-order valence-corrected chi connectivity index (χ1v) is 6.98. The van der Waals surface area contributed by atoms with E-state index in [1.807, 2.05) is 12.3 Å². The lowest BCUT2D eigenvalue weighted by Crippen LogP contribution is -2.30. The van der Waals surface area contributed by atoms with Crippen LogP contribution in [0.15, 0.2) is 42.7 Å². The van der Waals surface area contributed by atoms with Crippen molar-refractivity contribution in [2.24, 2.45) is 5.73 Å². The topological polar surface area (TPSA) is 42.1 Å². The molecule has 0 fully saturated rings. The number of aromatic nitrogens is 1. The van der Waals surface area contributed by atoms with Gasteiger partial charge in [-0.15, -0.1) is 0 Å². The second-order valence-electron chi connectivity index (χ2n) is 5.39. The largest absolute Gasteiger partial charge is 0.329 e. The van der Waals surface area contributed by atoms with Crippen molar-refractivity contribution in [2.45, 2.75) is 26.4 Å². The molecule has 0 bridgehead atoms. The molecule has 20 heavy (non-hydrogen) atoms. The highest BCUT2D eigenvalue weighted by atomic mass is 15.1. The van der Waals surface area contributed by atoms with E-state index < -0.39 is 0 Å². The quantitative estimate of drug-likeness (QED) is 0.907. The highest BCUT2D eigenvalue weighted by molar-refractivity contribution is 5.33. The van der Waals surface area contributed by atoms with Gasteiger partial charge in [-0.2, -0.15) is 0 Å². The number of hydrogen-bond acceptors (Lipinski definition) is 3. The molecule has 0 radical (unpaired) electrons. The van der Waals surface area contributed by atoms with Gasteiger partial charge in [0.05, 0.1) is 0 Å². The van der Waals surface area contributed by atoms with E-state index in [2.05, 4.69) is 55.0 Å². The molecule has 2 N–H and O–H groups in total. The van der Waals surface area contributed by atoms with Crippen LogP contribution in [0.3, 0.4) is 0 Å². The fourth-order valence-corrected chi connectivity index (χ4v) is 2.63. The molecule has 0 aliphatic heterocycles. The van der Waals surface area contributed by atoms with Crippen LogP contribution in [0.2, 0.25) is 0 Å². The molecule has 1 unspecified atom stereocenters. The van der Waals surface area contributed by atoms with Gasteiger partial charge in [0.15, 0.2) is 0 Å². The monoisotopic (exact) mass is 269 g/mol. The minimum absolute atomic E-state index is 0.232. The maximum atomic E-state index is 6.01. The zero-order chi connectivity index (χ0) is 14.5. The molecule has 106 valence electrons. The smallest absolute Gasteiger partial charge is 0.0473 e. The summed E-state index contributed by atoms with van der Waals surface area (Å²) in [5, 5.41) is 0. The Kier molecular flexibility index (Phi) is 4.88. The summed E-state index contributed by atoms with van der Waals surface area (Å²) < 4.78 is 0. The Balaban J connectivity index is 2.19.